The quantitative estimate of drug-likeness (QED) is 0.872. The third-order valence-corrected chi connectivity index (χ3v) is 5.40. The van der Waals surface area contributed by atoms with Crippen LogP contribution in [0.15, 0.2) is 24.3 Å². The van der Waals surface area contributed by atoms with Gasteiger partial charge in [-0.25, -0.2) is 0 Å². The highest BCUT2D eigenvalue weighted by Gasteiger charge is 2.38. The van der Waals surface area contributed by atoms with Gasteiger partial charge >= 0.3 is 0 Å². The fourth-order valence-corrected chi connectivity index (χ4v) is 4.24. The largest absolute Gasteiger partial charge is 0.491 e. The molecule has 126 valence electrons. The van der Waals surface area contributed by atoms with E-state index in [0.717, 1.165) is 18.6 Å². The number of fused-ring (bicyclic) bond motifs is 2. The summed E-state index contributed by atoms with van der Waals surface area (Å²) in [6, 6.07) is 8.73. The molecule has 0 aromatic heterocycles. The van der Waals surface area contributed by atoms with Crippen molar-refractivity contribution in [1.29, 1.82) is 0 Å². The molecule has 1 aromatic carbocycles. The Balaban J connectivity index is 0.00000156. The molecule has 0 radical (unpaired) electrons. The molecule has 5 heteroatoms. The first kappa shape index (κ1) is 16.6. The molecule has 4 rings (SSSR count). The monoisotopic (exact) mass is 336 g/mol. The van der Waals surface area contributed by atoms with Crippen molar-refractivity contribution in [3.05, 3.63) is 29.8 Å². The Morgan fingerprint density at radius 1 is 1.22 bits per heavy atom. The summed E-state index contributed by atoms with van der Waals surface area (Å²) in [4.78, 5) is 12.5. The molecule has 2 N–H and O–H groups in total. The fraction of sp³-hybridized carbons (Fsp3) is 0.611. The topological polar surface area (TPSA) is 50.4 Å². The normalized spacial score (nSPS) is 32.0. The van der Waals surface area contributed by atoms with E-state index in [2.05, 4.69) is 16.7 Å². The van der Waals surface area contributed by atoms with E-state index in [-0.39, 0.29) is 30.4 Å². The van der Waals surface area contributed by atoms with Crippen molar-refractivity contribution in [2.75, 3.05) is 6.61 Å². The van der Waals surface area contributed by atoms with Gasteiger partial charge in [0.05, 0.1) is 12.1 Å². The minimum Gasteiger partial charge on any atom is -0.491 e. The highest BCUT2D eigenvalue weighted by molar-refractivity contribution is 5.85. The van der Waals surface area contributed by atoms with Crippen LogP contribution in [0.25, 0.3) is 0 Å². The van der Waals surface area contributed by atoms with Gasteiger partial charge < -0.3 is 15.4 Å². The smallest absolute Gasteiger partial charge is 0.237 e. The van der Waals surface area contributed by atoms with Crippen LogP contribution in [0.1, 0.15) is 37.7 Å². The molecule has 2 heterocycles. The van der Waals surface area contributed by atoms with E-state index in [4.69, 9.17) is 4.74 Å². The first-order valence-corrected chi connectivity index (χ1v) is 8.57. The van der Waals surface area contributed by atoms with Crippen LogP contribution in [0.5, 0.6) is 5.75 Å². The van der Waals surface area contributed by atoms with Crippen molar-refractivity contribution >= 4 is 18.3 Å². The van der Waals surface area contributed by atoms with Crippen LogP contribution in [0.4, 0.5) is 0 Å². The average Bonchev–Trinajstić information content (AvgIpc) is 2.99. The third kappa shape index (κ3) is 3.48. The molecule has 3 aliphatic rings. The average molecular weight is 337 g/mol. The molecule has 1 amide bonds. The lowest BCUT2D eigenvalue weighted by atomic mass is 9.85. The zero-order chi connectivity index (χ0) is 14.9. The number of amides is 1. The lowest BCUT2D eigenvalue weighted by Gasteiger charge is -2.27. The van der Waals surface area contributed by atoms with Crippen molar-refractivity contribution in [2.45, 2.75) is 56.7 Å². The summed E-state index contributed by atoms with van der Waals surface area (Å²) in [5.41, 5.74) is 1.19. The van der Waals surface area contributed by atoms with E-state index < -0.39 is 0 Å². The SMILES string of the molecule is Cl.O=C(NC1COc2ccccc2C1)C1CC2CCCCC2N1. The first-order valence-electron chi connectivity index (χ1n) is 8.57. The molecule has 4 nitrogen and oxygen atoms in total. The molecule has 4 atom stereocenters. The van der Waals surface area contributed by atoms with Crippen LogP contribution in [-0.4, -0.2) is 30.6 Å². The predicted octanol–water partition coefficient (Wildman–Crippen LogP) is 2.45. The van der Waals surface area contributed by atoms with Crippen molar-refractivity contribution in [1.82, 2.24) is 10.6 Å². The Bertz CT molecular complexity index is 552. The van der Waals surface area contributed by atoms with Crippen molar-refractivity contribution < 1.29 is 9.53 Å². The molecular formula is C18H25ClN2O2. The number of carbonyl (C=O) groups excluding carboxylic acids is 1. The number of para-hydroxylation sites is 1. The van der Waals surface area contributed by atoms with Gasteiger partial charge in [0.1, 0.15) is 12.4 Å². The maximum absolute atomic E-state index is 12.5. The highest BCUT2D eigenvalue weighted by atomic mass is 35.5. The lowest BCUT2D eigenvalue weighted by molar-refractivity contribution is -0.123. The Morgan fingerprint density at radius 2 is 2.04 bits per heavy atom. The molecule has 2 fully saturated rings. The van der Waals surface area contributed by atoms with Gasteiger partial charge in [-0.2, -0.15) is 0 Å². The summed E-state index contributed by atoms with van der Waals surface area (Å²) in [7, 11) is 0. The number of hydrogen-bond acceptors (Lipinski definition) is 3. The van der Waals surface area contributed by atoms with E-state index in [1.807, 2.05) is 18.2 Å². The molecule has 1 aliphatic carbocycles. The molecule has 1 saturated carbocycles. The second-order valence-corrected chi connectivity index (χ2v) is 6.93. The van der Waals surface area contributed by atoms with Gasteiger partial charge in [-0.05, 0) is 43.2 Å². The fourth-order valence-electron chi connectivity index (χ4n) is 4.24. The molecule has 1 aromatic rings. The molecule has 0 bridgehead atoms. The summed E-state index contributed by atoms with van der Waals surface area (Å²) in [6.45, 7) is 0.572. The van der Waals surface area contributed by atoms with E-state index in [1.165, 1.54) is 31.2 Å². The van der Waals surface area contributed by atoms with Crippen molar-refractivity contribution in [2.24, 2.45) is 5.92 Å². The van der Waals surface area contributed by atoms with Crippen LogP contribution in [-0.2, 0) is 11.2 Å². The number of halogens is 1. The van der Waals surface area contributed by atoms with Crippen LogP contribution >= 0.6 is 12.4 Å². The number of nitrogens with one attached hydrogen (secondary N) is 2. The molecule has 23 heavy (non-hydrogen) atoms. The first-order chi connectivity index (χ1) is 10.8. The minimum atomic E-state index is -0.00901. The predicted molar refractivity (Wildman–Crippen MR) is 92.1 cm³/mol. The van der Waals surface area contributed by atoms with Gasteiger partial charge in [0.25, 0.3) is 0 Å². The molecule has 2 aliphatic heterocycles. The summed E-state index contributed by atoms with van der Waals surface area (Å²) in [6.07, 6.45) is 7.00. The van der Waals surface area contributed by atoms with E-state index in [1.54, 1.807) is 0 Å². The second kappa shape index (κ2) is 7.10. The number of benzene rings is 1. The summed E-state index contributed by atoms with van der Waals surface area (Å²) in [5.74, 6) is 1.81. The maximum atomic E-state index is 12.5. The van der Waals surface area contributed by atoms with Crippen molar-refractivity contribution in [3.8, 4) is 5.75 Å². The number of ether oxygens (including phenoxy) is 1. The molecule has 1 saturated heterocycles. The molecule has 0 spiro atoms. The number of rotatable bonds is 2. The lowest BCUT2D eigenvalue weighted by Crippen LogP contribution is -2.50. The summed E-state index contributed by atoms with van der Waals surface area (Å²) in [5, 5.41) is 6.73. The van der Waals surface area contributed by atoms with Gasteiger partial charge in [-0.3, -0.25) is 4.79 Å². The van der Waals surface area contributed by atoms with Crippen LogP contribution in [0.2, 0.25) is 0 Å². The van der Waals surface area contributed by atoms with E-state index in [0.29, 0.717) is 18.6 Å². The standard InChI is InChI=1S/C18H24N2O2.ClH/c21-18(16-10-12-5-1-3-7-15(12)20-16)19-14-9-13-6-2-4-8-17(13)22-11-14;/h2,4,6,8,12,14-16,20H,1,3,5,7,9-11H2,(H,19,21);1H. The number of carbonyl (C=O) groups is 1. The van der Waals surface area contributed by atoms with Gasteiger partial charge in [-0.15, -0.1) is 12.4 Å². The van der Waals surface area contributed by atoms with Crippen molar-refractivity contribution in [3.63, 3.8) is 0 Å². The van der Waals surface area contributed by atoms with Crippen LogP contribution in [0, 0.1) is 5.92 Å². The van der Waals surface area contributed by atoms with Gasteiger partial charge in [0.2, 0.25) is 5.91 Å². The number of hydrogen-bond donors (Lipinski definition) is 2. The van der Waals surface area contributed by atoms with Gasteiger partial charge in [-0.1, -0.05) is 31.0 Å². The third-order valence-electron chi connectivity index (χ3n) is 5.40. The zero-order valence-electron chi connectivity index (χ0n) is 13.3. The van der Waals surface area contributed by atoms with Crippen LogP contribution in [0.3, 0.4) is 0 Å². The Labute approximate surface area is 143 Å². The highest BCUT2D eigenvalue weighted by Crippen LogP contribution is 2.33. The summed E-state index contributed by atoms with van der Waals surface area (Å²) < 4.78 is 5.76. The van der Waals surface area contributed by atoms with Gasteiger partial charge in [0, 0.05) is 6.04 Å². The second-order valence-electron chi connectivity index (χ2n) is 6.93. The van der Waals surface area contributed by atoms with E-state index >= 15 is 0 Å². The molecular weight excluding hydrogens is 312 g/mol. The van der Waals surface area contributed by atoms with Crippen LogP contribution < -0.4 is 15.4 Å². The molecule has 4 unspecified atom stereocenters. The minimum absolute atomic E-state index is 0. The van der Waals surface area contributed by atoms with Gasteiger partial charge in [0.15, 0.2) is 0 Å². The Morgan fingerprint density at radius 3 is 2.91 bits per heavy atom. The Kier molecular flexibility index (Phi) is 5.12. The Hall–Kier alpha value is -1.26. The summed E-state index contributed by atoms with van der Waals surface area (Å²) >= 11 is 0. The zero-order valence-corrected chi connectivity index (χ0v) is 14.1. The maximum Gasteiger partial charge on any atom is 0.237 e. The van der Waals surface area contributed by atoms with E-state index in [9.17, 15) is 4.79 Å².